The molecule has 0 aliphatic carbocycles. The summed E-state index contributed by atoms with van der Waals surface area (Å²) in [5.41, 5.74) is 0. The molecule has 7 nitrogen and oxygen atoms in total. The van der Waals surface area contributed by atoms with Gasteiger partial charge in [-0.1, -0.05) is 75.7 Å². The Morgan fingerprint density at radius 1 is 0.892 bits per heavy atom. The maximum absolute atomic E-state index is 10.7. The summed E-state index contributed by atoms with van der Waals surface area (Å²) in [4.78, 5) is 30.3. The van der Waals surface area contributed by atoms with Crippen LogP contribution in [0.5, 0.6) is 0 Å². The van der Waals surface area contributed by atoms with Gasteiger partial charge >= 0.3 is 5.97 Å². The van der Waals surface area contributed by atoms with Gasteiger partial charge in [0.25, 0.3) is 0 Å². The van der Waals surface area contributed by atoms with E-state index in [1.165, 1.54) is 0 Å². The quantitative estimate of drug-likeness (QED) is 0.0503. The zero-order valence-corrected chi connectivity index (χ0v) is 29.2. The number of ether oxygens (including phenoxy) is 1. The standard InChI is InChI=1S/C13H24O4Si.C11H24O2Si.C2H2BrClO/c1-11(17-12(15)10-14)8-7-9-16-18(5,6)13(2,3)4;1-10(12)8-7-9-13-14(5,6)11(2,3)4;3-1-2(4)5/h7-8,10-11H,9H2,1-6H3;7-8,10,12H,9H2,1-6H3;1H2/b2*8-7-;/t11-;10-;/m00./s1. The second-order valence-electron chi connectivity index (χ2n) is 11.5. The highest BCUT2D eigenvalue weighted by molar-refractivity contribution is 9.09. The maximum atomic E-state index is 10.7. The van der Waals surface area contributed by atoms with Gasteiger partial charge in [-0.25, -0.2) is 4.79 Å². The Balaban J connectivity index is -0.000000539. The number of hydrogen-bond acceptors (Lipinski definition) is 7. The smallest absolute Gasteiger partial charge is 0.371 e. The molecule has 0 aromatic heterocycles. The molecule has 0 aromatic carbocycles. The molecule has 0 rings (SSSR count). The number of hydrogen-bond donors (Lipinski definition) is 1. The van der Waals surface area contributed by atoms with Gasteiger partial charge in [-0.3, -0.25) is 9.59 Å². The van der Waals surface area contributed by atoms with Gasteiger partial charge in [-0.2, -0.15) is 0 Å². The number of aliphatic hydroxyl groups is 1. The van der Waals surface area contributed by atoms with Crippen LogP contribution >= 0.6 is 27.5 Å². The molecule has 0 saturated heterocycles. The Morgan fingerprint density at radius 2 is 1.24 bits per heavy atom. The Bertz CT molecular complexity index is 725. The summed E-state index contributed by atoms with van der Waals surface area (Å²) in [5, 5.41) is 9.33. The van der Waals surface area contributed by atoms with Crippen molar-refractivity contribution in [1.29, 1.82) is 0 Å². The first-order valence-electron chi connectivity index (χ1n) is 12.2. The normalized spacial score (nSPS) is 14.2. The second-order valence-corrected chi connectivity index (χ2v) is 22.1. The maximum Gasteiger partial charge on any atom is 0.371 e. The number of carbonyl (C=O) groups excluding carboxylic acids is 3. The van der Waals surface area contributed by atoms with Crippen LogP contribution in [-0.4, -0.2) is 70.0 Å². The highest BCUT2D eigenvalue weighted by atomic mass is 79.9. The Hall–Kier alpha value is -0.626. The lowest BCUT2D eigenvalue weighted by atomic mass is 10.2. The van der Waals surface area contributed by atoms with Crippen LogP contribution in [0.3, 0.4) is 0 Å². The van der Waals surface area contributed by atoms with Crippen molar-refractivity contribution in [3.05, 3.63) is 24.3 Å². The predicted octanol–water partition coefficient (Wildman–Crippen LogP) is 6.79. The van der Waals surface area contributed by atoms with Gasteiger partial charge in [-0.05, 0) is 67.8 Å². The summed E-state index contributed by atoms with van der Waals surface area (Å²) in [6, 6.07) is 0. The van der Waals surface area contributed by atoms with E-state index in [2.05, 4.69) is 83.7 Å². The Kier molecular flexibility index (Phi) is 21.5. The first kappa shape index (κ1) is 40.9. The van der Waals surface area contributed by atoms with E-state index in [0.717, 1.165) is 0 Å². The number of esters is 1. The van der Waals surface area contributed by atoms with Crippen LogP contribution in [0.4, 0.5) is 0 Å². The van der Waals surface area contributed by atoms with E-state index in [1.807, 2.05) is 12.2 Å². The van der Waals surface area contributed by atoms with E-state index in [9.17, 15) is 14.4 Å². The Labute approximate surface area is 240 Å². The molecule has 0 amide bonds. The van der Waals surface area contributed by atoms with E-state index in [1.54, 1.807) is 26.0 Å². The lowest BCUT2D eigenvalue weighted by Crippen LogP contribution is -2.40. The zero-order valence-electron chi connectivity index (χ0n) is 24.8. The highest BCUT2D eigenvalue weighted by Gasteiger charge is 2.37. The minimum absolute atomic E-state index is 0.163. The first-order valence-corrected chi connectivity index (χ1v) is 19.5. The van der Waals surface area contributed by atoms with Gasteiger partial charge < -0.3 is 18.7 Å². The van der Waals surface area contributed by atoms with Gasteiger partial charge in [0.05, 0.1) is 24.6 Å². The molecule has 11 heteroatoms. The molecule has 218 valence electrons. The van der Waals surface area contributed by atoms with Crippen molar-refractivity contribution >= 4 is 61.7 Å². The fourth-order valence-corrected chi connectivity index (χ4v) is 3.59. The average Bonchev–Trinajstić information content (AvgIpc) is 2.73. The van der Waals surface area contributed by atoms with E-state index in [-0.39, 0.29) is 33.0 Å². The molecule has 0 bridgehead atoms. The summed E-state index contributed by atoms with van der Waals surface area (Å²) in [7, 11) is -3.34. The average molecular weight is 646 g/mol. The summed E-state index contributed by atoms with van der Waals surface area (Å²) in [6.45, 7) is 26.5. The van der Waals surface area contributed by atoms with Crippen LogP contribution in [0.15, 0.2) is 24.3 Å². The second kappa shape index (κ2) is 19.4. The fourth-order valence-electron chi connectivity index (χ4n) is 1.70. The molecule has 0 fully saturated rings. The van der Waals surface area contributed by atoms with Crippen LogP contribution in [0.2, 0.25) is 36.3 Å². The lowest BCUT2D eigenvalue weighted by molar-refractivity contribution is -0.150. The van der Waals surface area contributed by atoms with Gasteiger partial charge in [0.15, 0.2) is 16.6 Å². The van der Waals surface area contributed by atoms with Crippen LogP contribution in [0.25, 0.3) is 0 Å². The largest absolute Gasteiger partial charge is 0.453 e. The van der Waals surface area contributed by atoms with Crippen LogP contribution < -0.4 is 0 Å². The van der Waals surface area contributed by atoms with Crippen molar-refractivity contribution in [2.75, 3.05) is 18.5 Å². The fraction of sp³-hybridized carbons (Fsp3) is 0.731. The molecule has 1 N–H and O–H groups in total. The summed E-state index contributed by atoms with van der Waals surface area (Å²) < 4.78 is 16.6. The number of alkyl halides is 1. The topological polar surface area (TPSA) is 99.1 Å². The van der Waals surface area contributed by atoms with Crippen molar-refractivity contribution in [1.82, 2.24) is 0 Å². The van der Waals surface area contributed by atoms with Crippen LogP contribution in [-0.2, 0) is 28.0 Å². The molecule has 37 heavy (non-hydrogen) atoms. The molecule has 0 aliphatic heterocycles. The first-order chi connectivity index (χ1) is 16.5. The van der Waals surface area contributed by atoms with Crippen molar-refractivity contribution in [2.45, 2.75) is 104 Å². The third-order valence-corrected chi connectivity index (χ3v) is 16.0. The number of halogens is 2. The van der Waals surface area contributed by atoms with E-state index >= 15 is 0 Å². The SMILES string of the molecule is C[C@@H](/C=C\CO[Si](C)(C)C(C)(C)C)OC(=O)C=O.C[C@H](O)/C=C\CO[Si](C)(C)C(C)(C)C.O=C(Cl)CBr. The Morgan fingerprint density at radius 3 is 1.51 bits per heavy atom. The zero-order chi connectivity index (χ0) is 30.1. The van der Waals surface area contributed by atoms with Crippen molar-refractivity contribution in [2.24, 2.45) is 0 Å². The molecule has 0 unspecified atom stereocenters. The molecule has 0 aromatic rings. The van der Waals surface area contributed by atoms with Gasteiger partial charge in [-0.15, -0.1) is 0 Å². The minimum atomic E-state index is -1.73. The van der Waals surface area contributed by atoms with E-state index < -0.39 is 28.7 Å². The number of rotatable bonds is 11. The van der Waals surface area contributed by atoms with Crippen molar-refractivity contribution in [3.63, 3.8) is 0 Å². The molecule has 0 radical (unpaired) electrons. The third-order valence-electron chi connectivity index (χ3n) is 6.02. The van der Waals surface area contributed by atoms with Crippen molar-refractivity contribution in [3.8, 4) is 0 Å². The summed E-state index contributed by atoms with van der Waals surface area (Å²) >= 11 is 7.61. The summed E-state index contributed by atoms with van der Waals surface area (Å²) in [6.07, 6.45) is 6.57. The van der Waals surface area contributed by atoms with Gasteiger partial charge in [0.2, 0.25) is 11.5 Å². The van der Waals surface area contributed by atoms with E-state index in [0.29, 0.717) is 13.2 Å². The monoisotopic (exact) mass is 644 g/mol. The van der Waals surface area contributed by atoms with Crippen LogP contribution in [0, 0.1) is 0 Å². The molecule has 0 spiro atoms. The molecular weight excluding hydrogens is 596 g/mol. The minimum Gasteiger partial charge on any atom is -0.453 e. The molecule has 0 saturated carbocycles. The molecular formula is C26H50BrClO7Si2. The number of carbonyl (C=O) groups is 3. The molecule has 0 heterocycles. The molecule has 0 aliphatic rings. The number of aliphatic hydroxyl groups excluding tert-OH is 1. The lowest BCUT2D eigenvalue weighted by Gasteiger charge is -2.35. The molecule has 2 atom stereocenters. The van der Waals surface area contributed by atoms with Gasteiger partial charge in [0, 0.05) is 0 Å². The number of aldehydes is 1. The predicted molar refractivity (Wildman–Crippen MR) is 163 cm³/mol. The third kappa shape index (κ3) is 23.0. The van der Waals surface area contributed by atoms with Crippen LogP contribution in [0.1, 0.15) is 55.4 Å². The van der Waals surface area contributed by atoms with Crippen molar-refractivity contribution < 1.29 is 33.1 Å². The highest BCUT2D eigenvalue weighted by Crippen LogP contribution is 2.37. The summed E-state index contributed by atoms with van der Waals surface area (Å²) in [5.74, 6) is -0.850. The van der Waals surface area contributed by atoms with E-state index in [4.69, 9.17) is 30.3 Å². The van der Waals surface area contributed by atoms with Gasteiger partial charge in [0.1, 0.15) is 6.10 Å².